The van der Waals surface area contributed by atoms with Gasteiger partial charge in [0.15, 0.2) is 0 Å². The molecule has 1 saturated heterocycles. The molecule has 84 valence electrons. The number of anilines is 1. The minimum atomic E-state index is 0.489. The van der Waals surface area contributed by atoms with E-state index in [1.54, 1.807) is 6.07 Å². The van der Waals surface area contributed by atoms with Gasteiger partial charge >= 0.3 is 0 Å². The zero-order valence-corrected chi connectivity index (χ0v) is 9.96. The minimum absolute atomic E-state index is 0.489. The predicted octanol–water partition coefficient (Wildman–Crippen LogP) is 2.01. The minimum Gasteiger partial charge on any atom is -0.369 e. The maximum atomic E-state index is 8.80. The Bertz CT molecular complexity index is 425. The quantitative estimate of drug-likeness (QED) is 0.810. The fourth-order valence-corrected chi connectivity index (χ4v) is 2.18. The van der Waals surface area contributed by atoms with Crippen LogP contribution in [0, 0.1) is 11.3 Å². The van der Waals surface area contributed by atoms with E-state index in [-0.39, 0.29) is 0 Å². The third-order valence-electron chi connectivity index (χ3n) is 2.81. The molecule has 0 amide bonds. The molecule has 0 saturated carbocycles. The normalized spacial score (nSPS) is 20.6. The molecule has 0 aromatic heterocycles. The van der Waals surface area contributed by atoms with Gasteiger partial charge in [0, 0.05) is 31.4 Å². The van der Waals surface area contributed by atoms with Crippen molar-refractivity contribution in [2.75, 3.05) is 24.5 Å². The summed E-state index contributed by atoms with van der Waals surface area (Å²) < 4.78 is 0. The maximum absolute atomic E-state index is 8.80. The van der Waals surface area contributed by atoms with Crippen molar-refractivity contribution in [2.24, 2.45) is 0 Å². The number of benzene rings is 1. The van der Waals surface area contributed by atoms with E-state index < -0.39 is 0 Å². The fourth-order valence-electron chi connectivity index (χ4n) is 1.96. The van der Waals surface area contributed by atoms with Crippen LogP contribution in [0.2, 0.25) is 5.02 Å². The van der Waals surface area contributed by atoms with E-state index in [1.807, 2.05) is 12.1 Å². The van der Waals surface area contributed by atoms with Crippen molar-refractivity contribution in [1.29, 1.82) is 5.26 Å². The number of nitrogens with one attached hydrogen (secondary N) is 1. The van der Waals surface area contributed by atoms with Gasteiger partial charge in [-0.2, -0.15) is 5.26 Å². The van der Waals surface area contributed by atoms with Crippen LogP contribution < -0.4 is 10.2 Å². The van der Waals surface area contributed by atoms with Gasteiger partial charge in [-0.3, -0.25) is 0 Å². The van der Waals surface area contributed by atoms with E-state index in [4.69, 9.17) is 16.9 Å². The molecular formula is C12H14ClN3. The standard InChI is InChI=1S/C12H14ClN3/c1-9-8-16(5-4-15-9)11-3-2-10(7-14)12(13)6-11/h2-3,6,9,15H,4-5,8H2,1H3/t9-/m1/s1. The predicted molar refractivity (Wildman–Crippen MR) is 65.8 cm³/mol. The molecule has 0 spiro atoms. The summed E-state index contributed by atoms with van der Waals surface area (Å²) >= 11 is 6.02. The molecule has 16 heavy (non-hydrogen) atoms. The Hall–Kier alpha value is -1.24. The lowest BCUT2D eigenvalue weighted by atomic mass is 10.1. The lowest BCUT2D eigenvalue weighted by Crippen LogP contribution is -2.49. The molecule has 1 aromatic carbocycles. The Kier molecular flexibility index (Phi) is 3.33. The Labute approximate surface area is 101 Å². The number of hydrogen-bond donors (Lipinski definition) is 1. The van der Waals surface area contributed by atoms with Gasteiger partial charge in [0.05, 0.1) is 10.6 Å². The van der Waals surface area contributed by atoms with Crippen molar-refractivity contribution < 1.29 is 0 Å². The van der Waals surface area contributed by atoms with E-state index in [1.165, 1.54) is 0 Å². The summed E-state index contributed by atoms with van der Waals surface area (Å²) in [7, 11) is 0. The maximum Gasteiger partial charge on any atom is 0.101 e. The van der Waals surface area contributed by atoms with Crippen LogP contribution >= 0.6 is 11.6 Å². The third-order valence-corrected chi connectivity index (χ3v) is 3.12. The highest BCUT2D eigenvalue weighted by atomic mass is 35.5. The highest BCUT2D eigenvalue weighted by molar-refractivity contribution is 6.32. The van der Waals surface area contributed by atoms with Crippen LogP contribution in [-0.4, -0.2) is 25.7 Å². The lowest BCUT2D eigenvalue weighted by molar-refractivity contribution is 0.485. The molecule has 0 unspecified atom stereocenters. The van der Waals surface area contributed by atoms with Crippen LogP contribution in [0.3, 0.4) is 0 Å². The number of nitriles is 1. The number of halogens is 1. The second-order valence-electron chi connectivity index (χ2n) is 4.08. The van der Waals surface area contributed by atoms with Crippen LogP contribution in [0.15, 0.2) is 18.2 Å². The Morgan fingerprint density at radius 3 is 3.00 bits per heavy atom. The van der Waals surface area contributed by atoms with Crippen LogP contribution in [-0.2, 0) is 0 Å². The molecule has 2 rings (SSSR count). The third kappa shape index (κ3) is 2.29. The molecule has 3 nitrogen and oxygen atoms in total. The lowest BCUT2D eigenvalue weighted by Gasteiger charge is -2.33. The molecule has 1 aliphatic rings. The second-order valence-corrected chi connectivity index (χ2v) is 4.48. The second kappa shape index (κ2) is 4.73. The van der Waals surface area contributed by atoms with Gasteiger partial charge in [-0.05, 0) is 25.1 Å². The first-order chi connectivity index (χ1) is 7.70. The SMILES string of the molecule is C[C@@H]1CN(c2ccc(C#N)c(Cl)c2)CCN1. The monoisotopic (exact) mass is 235 g/mol. The number of piperazine rings is 1. The van der Waals surface area contributed by atoms with E-state index in [0.717, 1.165) is 25.3 Å². The summed E-state index contributed by atoms with van der Waals surface area (Å²) in [5.41, 5.74) is 1.63. The molecule has 0 bridgehead atoms. The van der Waals surface area contributed by atoms with Crippen LogP contribution in [0.4, 0.5) is 5.69 Å². The van der Waals surface area contributed by atoms with Crippen molar-refractivity contribution in [3.8, 4) is 6.07 Å². The van der Waals surface area contributed by atoms with Gasteiger partial charge in [0.25, 0.3) is 0 Å². The van der Waals surface area contributed by atoms with Crippen molar-refractivity contribution in [3.63, 3.8) is 0 Å². The van der Waals surface area contributed by atoms with Crippen LogP contribution in [0.25, 0.3) is 0 Å². The molecule has 1 N–H and O–H groups in total. The molecule has 1 heterocycles. The van der Waals surface area contributed by atoms with Gasteiger partial charge < -0.3 is 10.2 Å². The Balaban J connectivity index is 2.21. The summed E-state index contributed by atoms with van der Waals surface area (Å²) in [5.74, 6) is 0. The number of nitrogens with zero attached hydrogens (tertiary/aromatic N) is 2. The average Bonchev–Trinajstić information content (AvgIpc) is 2.29. The first-order valence-corrected chi connectivity index (χ1v) is 5.76. The van der Waals surface area contributed by atoms with E-state index in [0.29, 0.717) is 16.6 Å². The van der Waals surface area contributed by atoms with Crippen molar-refractivity contribution in [3.05, 3.63) is 28.8 Å². The smallest absolute Gasteiger partial charge is 0.101 e. The Morgan fingerprint density at radius 1 is 1.56 bits per heavy atom. The molecule has 1 atom stereocenters. The summed E-state index contributed by atoms with van der Waals surface area (Å²) in [6.45, 7) is 5.10. The topological polar surface area (TPSA) is 39.1 Å². The molecule has 1 aliphatic heterocycles. The Morgan fingerprint density at radius 2 is 2.38 bits per heavy atom. The molecule has 0 radical (unpaired) electrons. The van der Waals surface area contributed by atoms with Crippen molar-refractivity contribution >= 4 is 17.3 Å². The van der Waals surface area contributed by atoms with E-state index >= 15 is 0 Å². The molecule has 1 aromatic rings. The summed E-state index contributed by atoms with van der Waals surface area (Å²) in [4.78, 5) is 2.29. The summed E-state index contributed by atoms with van der Waals surface area (Å²) in [5, 5.41) is 12.7. The fraction of sp³-hybridized carbons (Fsp3) is 0.417. The molecule has 4 heteroatoms. The van der Waals surface area contributed by atoms with E-state index in [9.17, 15) is 0 Å². The van der Waals surface area contributed by atoms with Gasteiger partial charge in [-0.15, -0.1) is 0 Å². The number of rotatable bonds is 1. The van der Waals surface area contributed by atoms with Crippen molar-refractivity contribution in [1.82, 2.24) is 5.32 Å². The van der Waals surface area contributed by atoms with Gasteiger partial charge in [0.2, 0.25) is 0 Å². The summed E-state index contributed by atoms with van der Waals surface area (Å²) in [6.07, 6.45) is 0. The first-order valence-electron chi connectivity index (χ1n) is 5.38. The van der Waals surface area contributed by atoms with Gasteiger partial charge in [0.1, 0.15) is 6.07 Å². The average molecular weight is 236 g/mol. The largest absolute Gasteiger partial charge is 0.369 e. The highest BCUT2D eigenvalue weighted by Gasteiger charge is 2.16. The first kappa shape index (κ1) is 11.3. The van der Waals surface area contributed by atoms with Gasteiger partial charge in [-0.1, -0.05) is 11.6 Å². The highest BCUT2D eigenvalue weighted by Crippen LogP contribution is 2.23. The summed E-state index contributed by atoms with van der Waals surface area (Å²) in [6, 6.07) is 8.18. The number of hydrogen-bond acceptors (Lipinski definition) is 3. The zero-order chi connectivity index (χ0) is 11.5. The zero-order valence-electron chi connectivity index (χ0n) is 9.20. The van der Waals surface area contributed by atoms with Crippen LogP contribution in [0.5, 0.6) is 0 Å². The molecule has 1 fully saturated rings. The molecular weight excluding hydrogens is 222 g/mol. The van der Waals surface area contributed by atoms with E-state index in [2.05, 4.69) is 23.2 Å². The van der Waals surface area contributed by atoms with Crippen LogP contribution in [0.1, 0.15) is 12.5 Å². The van der Waals surface area contributed by atoms with Gasteiger partial charge in [-0.25, -0.2) is 0 Å². The molecule has 0 aliphatic carbocycles. The van der Waals surface area contributed by atoms with Crippen molar-refractivity contribution in [2.45, 2.75) is 13.0 Å².